The number of amides is 1. The Hall–Kier alpha value is -1.95. The summed E-state index contributed by atoms with van der Waals surface area (Å²) in [5, 5.41) is 6.25. The van der Waals surface area contributed by atoms with Gasteiger partial charge in [-0.2, -0.15) is 0 Å². The maximum Gasteiger partial charge on any atom is 0.308 e. The van der Waals surface area contributed by atoms with Crippen LogP contribution >= 0.6 is 11.6 Å². The van der Waals surface area contributed by atoms with Gasteiger partial charge in [0.15, 0.2) is 6.61 Å². The van der Waals surface area contributed by atoms with E-state index in [4.69, 9.17) is 21.1 Å². The summed E-state index contributed by atoms with van der Waals surface area (Å²) in [6.07, 6.45) is 0.130. The number of hydrogen-bond donors (Lipinski definition) is 2. The van der Waals surface area contributed by atoms with Gasteiger partial charge in [0.05, 0.1) is 19.2 Å². The van der Waals surface area contributed by atoms with Crippen LogP contribution in [0.4, 0.5) is 5.69 Å². The quantitative estimate of drug-likeness (QED) is 0.716. The molecule has 1 rings (SSSR count). The van der Waals surface area contributed by atoms with E-state index in [9.17, 15) is 9.59 Å². The molecule has 6 nitrogen and oxygen atoms in total. The number of halogens is 1. The lowest BCUT2D eigenvalue weighted by atomic mass is 10.3. The van der Waals surface area contributed by atoms with E-state index >= 15 is 0 Å². The number of methoxy groups -OCH3 is 1. The lowest BCUT2D eigenvalue weighted by Gasteiger charge is -2.12. The van der Waals surface area contributed by atoms with Crippen LogP contribution in [0.2, 0.25) is 5.02 Å². The average Bonchev–Trinajstić information content (AvgIpc) is 2.45. The van der Waals surface area contributed by atoms with Crippen LogP contribution in [-0.4, -0.2) is 38.2 Å². The van der Waals surface area contributed by atoms with E-state index in [1.54, 1.807) is 25.3 Å². The zero-order valence-electron chi connectivity index (χ0n) is 12.9. The Balaban J connectivity index is 2.33. The molecule has 22 heavy (non-hydrogen) atoms. The van der Waals surface area contributed by atoms with Crippen molar-refractivity contribution in [2.75, 3.05) is 25.6 Å². The Kier molecular flexibility index (Phi) is 7.52. The van der Waals surface area contributed by atoms with Crippen LogP contribution < -0.4 is 15.4 Å². The highest BCUT2D eigenvalue weighted by molar-refractivity contribution is 6.30. The van der Waals surface area contributed by atoms with Crippen molar-refractivity contribution in [1.29, 1.82) is 0 Å². The van der Waals surface area contributed by atoms with Crippen molar-refractivity contribution in [2.24, 2.45) is 0 Å². The molecule has 1 aromatic rings. The molecule has 1 aromatic carbocycles. The van der Waals surface area contributed by atoms with Gasteiger partial charge in [0, 0.05) is 17.6 Å². The van der Waals surface area contributed by atoms with Crippen molar-refractivity contribution < 1.29 is 19.1 Å². The number of nitrogens with one attached hydrogen (secondary N) is 2. The number of esters is 1. The Morgan fingerprint density at radius 1 is 1.32 bits per heavy atom. The molecule has 0 spiro atoms. The number of hydrogen-bond acceptors (Lipinski definition) is 5. The molecule has 0 fully saturated rings. The summed E-state index contributed by atoms with van der Waals surface area (Å²) in [6.45, 7) is 3.75. The van der Waals surface area contributed by atoms with Crippen molar-refractivity contribution in [3.8, 4) is 5.75 Å². The van der Waals surface area contributed by atoms with Crippen LogP contribution in [0.25, 0.3) is 0 Å². The zero-order valence-corrected chi connectivity index (χ0v) is 13.7. The molecule has 0 aliphatic carbocycles. The molecular formula is C15H21ClN2O4. The second-order valence-corrected chi connectivity index (χ2v) is 5.34. The Morgan fingerprint density at radius 2 is 2.05 bits per heavy atom. The van der Waals surface area contributed by atoms with Crippen molar-refractivity contribution in [3.05, 3.63) is 23.2 Å². The minimum absolute atomic E-state index is 0.0168. The number of anilines is 1. The Bertz CT molecular complexity index is 520. The molecule has 0 saturated carbocycles. The van der Waals surface area contributed by atoms with E-state index in [2.05, 4.69) is 10.6 Å². The van der Waals surface area contributed by atoms with Gasteiger partial charge >= 0.3 is 5.97 Å². The average molecular weight is 329 g/mol. The summed E-state index contributed by atoms with van der Waals surface area (Å²) < 4.78 is 10.1. The molecule has 0 unspecified atom stereocenters. The monoisotopic (exact) mass is 328 g/mol. The summed E-state index contributed by atoms with van der Waals surface area (Å²) in [4.78, 5) is 22.9. The van der Waals surface area contributed by atoms with Crippen LogP contribution in [-0.2, 0) is 14.3 Å². The SMILES string of the molecule is COc1ccc(Cl)cc1NCCC(=O)OCC(=O)NC(C)C. The first-order valence-electron chi connectivity index (χ1n) is 6.94. The number of carbonyl (C=O) groups is 2. The summed E-state index contributed by atoms with van der Waals surface area (Å²) in [5.41, 5.74) is 0.695. The van der Waals surface area contributed by atoms with Crippen molar-refractivity contribution in [2.45, 2.75) is 26.3 Å². The molecule has 7 heteroatoms. The van der Waals surface area contributed by atoms with Gasteiger partial charge in [0.2, 0.25) is 0 Å². The lowest BCUT2D eigenvalue weighted by Crippen LogP contribution is -2.34. The predicted molar refractivity (Wildman–Crippen MR) is 85.3 cm³/mol. The van der Waals surface area contributed by atoms with E-state index < -0.39 is 5.97 Å². The molecule has 0 saturated heterocycles. The summed E-state index contributed by atoms with van der Waals surface area (Å²) >= 11 is 5.91. The second kappa shape index (κ2) is 9.15. The first-order chi connectivity index (χ1) is 10.4. The van der Waals surface area contributed by atoms with E-state index in [1.165, 1.54) is 0 Å². The standard InChI is InChI=1S/C15H21ClN2O4/c1-10(2)18-14(19)9-22-15(20)6-7-17-12-8-11(16)4-5-13(12)21-3/h4-5,8,10,17H,6-7,9H2,1-3H3,(H,18,19). The molecule has 122 valence electrons. The number of carbonyl (C=O) groups excluding carboxylic acids is 2. The van der Waals surface area contributed by atoms with Gasteiger partial charge in [0.25, 0.3) is 5.91 Å². The highest BCUT2D eigenvalue weighted by Crippen LogP contribution is 2.27. The third-order valence-electron chi connectivity index (χ3n) is 2.62. The molecule has 1 amide bonds. The number of ether oxygens (including phenoxy) is 2. The third kappa shape index (κ3) is 6.67. The van der Waals surface area contributed by atoms with Crippen molar-refractivity contribution >= 4 is 29.2 Å². The fraction of sp³-hybridized carbons (Fsp3) is 0.467. The fourth-order valence-electron chi connectivity index (χ4n) is 1.70. The van der Waals surface area contributed by atoms with E-state index in [1.807, 2.05) is 13.8 Å². The molecule has 0 atom stereocenters. The van der Waals surface area contributed by atoms with Crippen molar-refractivity contribution in [1.82, 2.24) is 5.32 Å². The van der Waals surface area contributed by atoms with Gasteiger partial charge in [-0.05, 0) is 32.0 Å². The molecular weight excluding hydrogens is 308 g/mol. The largest absolute Gasteiger partial charge is 0.495 e. The number of rotatable bonds is 8. The normalized spacial score (nSPS) is 10.2. The van der Waals surface area contributed by atoms with Crippen LogP contribution in [0, 0.1) is 0 Å². The van der Waals surface area contributed by atoms with E-state index in [0.29, 0.717) is 23.0 Å². The highest BCUT2D eigenvalue weighted by atomic mass is 35.5. The lowest BCUT2D eigenvalue weighted by molar-refractivity contribution is -0.148. The van der Waals surface area contributed by atoms with Gasteiger partial charge in [-0.25, -0.2) is 0 Å². The smallest absolute Gasteiger partial charge is 0.308 e. The summed E-state index contributed by atoms with van der Waals surface area (Å²) in [5.74, 6) is -0.130. The first-order valence-corrected chi connectivity index (χ1v) is 7.32. The van der Waals surface area contributed by atoms with Gasteiger partial charge in [-0.3, -0.25) is 9.59 Å². The highest BCUT2D eigenvalue weighted by Gasteiger charge is 2.09. The van der Waals surface area contributed by atoms with Crippen molar-refractivity contribution in [3.63, 3.8) is 0 Å². The zero-order chi connectivity index (χ0) is 16.5. The molecule has 0 aliphatic heterocycles. The second-order valence-electron chi connectivity index (χ2n) is 4.90. The molecule has 0 aliphatic rings. The topological polar surface area (TPSA) is 76.7 Å². The minimum atomic E-state index is -0.451. The van der Waals surface area contributed by atoms with Gasteiger partial charge in [-0.1, -0.05) is 11.6 Å². The minimum Gasteiger partial charge on any atom is -0.495 e. The third-order valence-corrected chi connectivity index (χ3v) is 2.86. The molecule has 0 radical (unpaired) electrons. The first kappa shape index (κ1) is 18.1. The van der Waals surface area contributed by atoms with Crippen LogP contribution in [0.1, 0.15) is 20.3 Å². The maximum atomic E-state index is 11.5. The van der Waals surface area contributed by atoms with Crippen LogP contribution in [0.15, 0.2) is 18.2 Å². The molecule has 0 heterocycles. The van der Waals surface area contributed by atoms with Crippen LogP contribution in [0.5, 0.6) is 5.75 Å². The van der Waals surface area contributed by atoms with Gasteiger partial charge in [0.1, 0.15) is 5.75 Å². The maximum absolute atomic E-state index is 11.5. The van der Waals surface area contributed by atoms with E-state index in [-0.39, 0.29) is 25.0 Å². The number of benzene rings is 1. The van der Waals surface area contributed by atoms with Gasteiger partial charge < -0.3 is 20.1 Å². The van der Waals surface area contributed by atoms with Gasteiger partial charge in [-0.15, -0.1) is 0 Å². The predicted octanol–water partition coefficient (Wildman–Crippen LogP) is 2.22. The Morgan fingerprint density at radius 3 is 2.68 bits per heavy atom. The Labute approximate surface area is 135 Å². The van der Waals surface area contributed by atoms with Crippen LogP contribution in [0.3, 0.4) is 0 Å². The summed E-state index contributed by atoms with van der Waals surface area (Å²) in [6, 6.07) is 5.18. The molecule has 0 bridgehead atoms. The fourth-order valence-corrected chi connectivity index (χ4v) is 1.87. The summed E-state index contributed by atoms with van der Waals surface area (Å²) in [7, 11) is 1.55. The molecule has 0 aromatic heterocycles. The molecule has 2 N–H and O–H groups in total. The van der Waals surface area contributed by atoms with E-state index in [0.717, 1.165) is 0 Å².